The Morgan fingerprint density at radius 3 is 1.86 bits per heavy atom. The molecule has 4 nitrogen and oxygen atoms in total. The van der Waals surface area contributed by atoms with Crippen molar-refractivity contribution in [3.05, 3.63) is 82.9 Å². The molecule has 0 unspecified atom stereocenters. The fourth-order valence-electron chi connectivity index (χ4n) is 2.12. The first-order valence-electron chi connectivity index (χ1n) is 6.51. The van der Waals surface area contributed by atoms with E-state index >= 15 is 0 Å². The number of nitrogens with zero attached hydrogens (tertiary/aromatic N) is 2. The van der Waals surface area contributed by atoms with E-state index < -0.39 is 4.92 Å². The van der Waals surface area contributed by atoms with Gasteiger partial charge in [-0.15, -0.1) is 0 Å². The maximum Gasteiger partial charge on any atom is 0.269 e. The second-order valence-electron chi connectivity index (χ2n) is 4.58. The molecule has 2 aromatic carbocycles. The van der Waals surface area contributed by atoms with Gasteiger partial charge in [-0.25, -0.2) is 4.98 Å². The van der Waals surface area contributed by atoms with Gasteiger partial charge in [0.15, 0.2) is 0 Å². The Kier molecular flexibility index (Phi) is 3.43. The smallest absolute Gasteiger partial charge is 0.258 e. The van der Waals surface area contributed by atoms with Crippen molar-refractivity contribution in [3.63, 3.8) is 0 Å². The minimum absolute atomic E-state index is 0.0814. The van der Waals surface area contributed by atoms with Crippen LogP contribution in [0.3, 0.4) is 0 Å². The second-order valence-corrected chi connectivity index (χ2v) is 4.58. The maximum atomic E-state index is 10.7. The summed E-state index contributed by atoms with van der Waals surface area (Å²) in [6, 6.07) is 22.1. The molecule has 0 aliphatic heterocycles. The van der Waals surface area contributed by atoms with E-state index in [-0.39, 0.29) is 5.69 Å². The first kappa shape index (κ1) is 13.0. The lowest BCUT2D eigenvalue weighted by molar-refractivity contribution is -0.384. The molecule has 0 aliphatic rings. The van der Waals surface area contributed by atoms with Crippen LogP contribution < -0.4 is 0 Å². The predicted octanol–water partition coefficient (Wildman–Crippen LogP) is 4.32. The minimum Gasteiger partial charge on any atom is -0.258 e. The highest BCUT2D eigenvalue weighted by Gasteiger charge is 2.07. The highest BCUT2D eigenvalue weighted by molar-refractivity contribution is 5.66. The first-order chi connectivity index (χ1) is 10.2. The molecule has 1 heterocycles. The molecule has 3 rings (SSSR count). The number of nitro groups is 1. The summed E-state index contributed by atoms with van der Waals surface area (Å²) in [5, 5.41) is 10.7. The third-order valence-electron chi connectivity index (χ3n) is 3.19. The van der Waals surface area contributed by atoms with Crippen LogP contribution in [0.15, 0.2) is 72.8 Å². The average Bonchev–Trinajstić information content (AvgIpc) is 2.56. The predicted molar refractivity (Wildman–Crippen MR) is 81.8 cm³/mol. The van der Waals surface area contributed by atoms with Crippen LogP contribution in [-0.2, 0) is 0 Å². The van der Waals surface area contributed by atoms with Crippen LogP contribution >= 0.6 is 0 Å². The molecular formula is C17H12N2O2. The van der Waals surface area contributed by atoms with E-state index in [9.17, 15) is 10.1 Å². The van der Waals surface area contributed by atoms with E-state index in [4.69, 9.17) is 0 Å². The summed E-state index contributed by atoms with van der Waals surface area (Å²) in [6.07, 6.45) is 0. The van der Waals surface area contributed by atoms with E-state index in [0.29, 0.717) is 0 Å². The number of benzene rings is 2. The van der Waals surface area contributed by atoms with Gasteiger partial charge in [-0.3, -0.25) is 10.1 Å². The monoisotopic (exact) mass is 276 g/mol. The molecule has 0 saturated carbocycles. The van der Waals surface area contributed by atoms with Crippen molar-refractivity contribution >= 4 is 5.69 Å². The van der Waals surface area contributed by atoms with Crippen LogP contribution in [-0.4, -0.2) is 9.91 Å². The van der Waals surface area contributed by atoms with Crippen molar-refractivity contribution in [1.29, 1.82) is 0 Å². The van der Waals surface area contributed by atoms with Crippen molar-refractivity contribution in [2.75, 3.05) is 0 Å². The summed E-state index contributed by atoms with van der Waals surface area (Å²) in [5.41, 5.74) is 3.66. The molecule has 4 heteroatoms. The highest BCUT2D eigenvalue weighted by Crippen LogP contribution is 2.24. The summed E-state index contributed by atoms with van der Waals surface area (Å²) in [4.78, 5) is 14.9. The molecule has 0 amide bonds. The van der Waals surface area contributed by atoms with Gasteiger partial charge in [0.25, 0.3) is 5.69 Å². The lowest BCUT2D eigenvalue weighted by Gasteiger charge is -2.05. The Hall–Kier alpha value is -3.01. The van der Waals surface area contributed by atoms with Gasteiger partial charge in [-0.2, -0.15) is 0 Å². The normalized spacial score (nSPS) is 10.3. The molecule has 0 atom stereocenters. The lowest BCUT2D eigenvalue weighted by atomic mass is 10.1. The Bertz CT molecular complexity index is 768. The van der Waals surface area contributed by atoms with Gasteiger partial charge < -0.3 is 0 Å². The Labute approximate surface area is 121 Å². The maximum absolute atomic E-state index is 10.7. The van der Waals surface area contributed by atoms with Gasteiger partial charge in [0.2, 0.25) is 0 Å². The molecule has 1 aromatic heterocycles. The Balaban J connectivity index is 1.98. The molecule has 21 heavy (non-hydrogen) atoms. The van der Waals surface area contributed by atoms with Crippen molar-refractivity contribution in [3.8, 4) is 22.5 Å². The van der Waals surface area contributed by atoms with E-state index in [2.05, 4.69) is 4.98 Å². The fraction of sp³-hybridized carbons (Fsp3) is 0. The van der Waals surface area contributed by atoms with Crippen LogP contribution in [0.1, 0.15) is 0 Å². The number of rotatable bonds is 3. The molecule has 102 valence electrons. The van der Waals surface area contributed by atoms with E-state index in [1.54, 1.807) is 12.1 Å². The number of hydrogen-bond acceptors (Lipinski definition) is 3. The molecule has 0 bridgehead atoms. The van der Waals surface area contributed by atoms with Crippen LogP contribution in [0.5, 0.6) is 0 Å². The molecule has 0 fully saturated rings. The number of hydrogen-bond donors (Lipinski definition) is 0. The molecule has 0 saturated heterocycles. The van der Waals surface area contributed by atoms with Gasteiger partial charge in [0, 0.05) is 23.3 Å². The topological polar surface area (TPSA) is 56.0 Å². The number of non-ortho nitro benzene ring substituents is 1. The summed E-state index contributed by atoms with van der Waals surface area (Å²) < 4.78 is 0. The number of aromatic nitrogens is 1. The third-order valence-corrected chi connectivity index (χ3v) is 3.19. The summed E-state index contributed by atoms with van der Waals surface area (Å²) in [7, 11) is 0. The number of nitro benzene ring substituents is 1. The molecule has 0 radical (unpaired) electrons. The quantitative estimate of drug-likeness (QED) is 0.528. The minimum atomic E-state index is -0.405. The Morgan fingerprint density at radius 1 is 0.714 bits per heavy atom. The zero-order chi connectivity index (χ0) is 14.7. The van der Waals surface area contributed by atoms with Crippen molar-refractivity contribution in [1.82, 2.24) is 4.98 Å². The van der Waals surface area contributed by atoms with Crippen molar-refractivity contribution in [2.45, 2.75) is 0 Å². The fourth-order valence-corrected chi connectivity index (χ4v) is 2.12. The van der Waals surface area contributed by atoms with Gasteiger partial charge in [0.1, 0.15) is 0 Å². The SMILES string of the molecule is O=[N+]([O-])c1ccc(-c2cccc(-c3ccccc3)n2)cc1. The second kappa shape index (κ2) is 5.54. The van der Waals surface area contributed by atoms with Gasteiger partial charge >= 0.3 is 0 Å². The summed E-state index contributed by atoms with van der Waals surface area (Å²) in [5.74, 6) is 0. The van der Waals surface area contributed by atoms with Crippen LogP contribution in [0.2, 0.25) is 0 Å². The molecule has 0 aliphatic carbocycles. The first-order valence-corrected chi connectivity index (χ1v) is 6.51. The van der Waals surface area contributed by atoms with Gasteiger partial charge in [0.05, 0.1) is 16.3 Å². The van der Waals surface area contributed by atoms with Crippen LogP contribution in [0.4, 0.5) is 5.69 Å². The third kappa shape index (κ3) is 2.79. The highest BCUT2D eigenvalue weighted by atomic mass is 16.6. The van der Waals surface area contributed by atoms with E-state index in [0.717, 1.165) is 22.5 Å². The molecule has 0 N–H and O–H groups in total. The van der Waals surface area contributed by atoms with Gasteiger partial charge in [-0.05, 0) is 24.3 Å². The van der Waals surface area contributed by atoms with E-state index in [1.807, 2.05) is 48.5 Å². The standard InChI is InChI=1S/C17H12N2O2/c20-19(21)15-11-9-14(10-12-15)17-8-4-7-16(18-17)13-5-2-1-3-6-13/h1-12H. The van der Waals surface area contributed by atoms with Gasteiger partial charge in [-0.1, -0.05) is 36.4 Å². The molecule has 0 spiro atoms. The zero-order valence-electron chi connectivity index (χ0n) is 11.1. The average molecular weight is 276 g/mol. The van der Waals surface area contributed by atoms with Crippen LogP contribution in [0, 0.1) is 10.1 Å². The lowest BCUT2D eigenvalue weighted by Crippen LogP contribution is -1.89. The summed E-state index contributed by atoms with van der Waals surface area (Å²) >= 11 is 0. The van der Waals surface area contributed by atoms with Crippen molar-refractivity contribution in [2.24, 2.45) is 0 Å². The largest absolute Gasteiger partial charge is 0.269 e. The molecule has 3 aromatic rings. The van der Waals surface area contributed by atoms with E-state index in [1.165, 1.54) is 12.1 Å². The summed E-state index contributed by atoms with van der Waals surface area (Å²) in [6.45, 7) is 0. The zero-order valence-corrected chi connectivity index (χ0v) is 11.1. The number of pyridine rings is 1. The Morgan fingerprint density at radius 2 is 1.29 bits per heavy atom. The molecular weight excluding hydrogens is 264 g/mol. The van der Waals surface area contributed by atoms with Crippen LogP contribution in [0.25, 0.3) is 22.5 Å². The van der Waals surface area contributed by atoms with Crippen molar-refractivity contribution < 1.29 is 4.92 Å².